The van der Waals surface area contributed by atoms with Gasteiger partial charge in [0.1, 0.15) is 0 Å². The van der Waals surface area contributed by atoms with Crippen LogP contribution in [0.15, 0.2) is 24.3 Å². The molecule has 0 aliphatic rings. The van der Waals surface area contributed by atoms with Crippen molar-refractivity contribution in [1.29, 1.82) is 0 Å². The van der Waals surface area contributed by atoms with Crippen LogP contribution < -0.4 is 5.32 Å². The van der Waals surface area contributed by atoms with Gasteiger partial charge in [-0.15, -0.1) is 0 Å². The quantitative estimate of drug-likeness (QED) is 0.781. The highest BCUT2D eigenvalue weighted by molar-refractivity contribution is 5.26. The maximum Gasteiger partial charge on any atom is 0.273 e. The number of alkyl halides is 2. The van der Waals surface area contributed by atoms with Gasteiger partial charge in [0, 0.05) is 18.5 Å². The molecule has 1 N–H and O–H groups in total. The predicted octanol–water partition coefficient (Wildman–Crippen LogP) is 3.69. The van der Waals surface area contributed by atoms with E-state index in [9.17, 15) is 8.78 Å². The third-order valence-electron chi connectivity index (χ3n) is 2.49. The molecule has 0 fully saturated rings. The van der Waals surface area contributed by atoms with E-state index in [2.05, 4.69) is 5.32 Å². The summed E-state index contributed by atoms with van der Waals surface area (Å²) >= 11 is 0. The molecule has 0 aliphatic carbocycles. The Morgan fingerprint density at radius 1 is 1.25 bits per heavy atom. The molecule has 0 saturated heterocycles. The monoisotopic (exact) mass is 227 g/mol. The summed E-state index contributed by atoms with van der Waals surface area (Å²) in [5.74, 6) is -2.70. The summed E-state index contributed by atoms with van der Waals surface area (Å²) in [6, 6.07) is 6.67. The van der Waals surface area contributed by atoms with Crippen molar-refractivity contribution in [1.82, 2.24) is 5.32 Å². The SMILES string of the molecule is CCCC(F)(F)c1cccc(CNCC)c1. The zero-order valence-corrected chi connectivity index (χ0v) is 9.89. The minimum absolute atomic E-state index is 0.0857. The van der Waals surface area contributed by atoms with Gasteiger partial charge in [-0.25, -0.2) is 8.78 Å². The van der Waals surface area contributed by atoms with E-state index >= 15 is 0 Å². The molecule has 0 aliphatic heterocycles. The fourth-order valence-electron chi connectivity index (χ4n) is 1.64. The van der Waals surface area contributed by atoms with Crippen LogP contribution in [0, 0.1) is 0 Å². The Morgan fingerprint density at radius 3 is 2.62 bits per heavy atom. The summed E-state index contributed by atoms with van der Waals surface area (Å²) in [4.78, 5) is 0. The van der Waals surface area contributed by atoms with Crippen molar-refractivity contribution >= 4 is 0 Å². The molecule has 0 atom stereocenters. The minimum Gasteiger partial charge on any atom is -0.313 e. The standard InChI is InChI=1S/C13H19F2N/c1-3-8-13(14,15)12-7-5-6-11(9-12)10-16-4-2/h5-7,9,16H,3-4,8,10H2,1-2H3. The maximum absolute atomic E-state index is 13.6. The van der Waals surface area contributed by atoms with E-state index in [1.54, 1.807) is 19.1 Å². The van der Waals surface area contributed by atoms with Crippen LogP contribution in [0.1, 0.15) is 37.8 Å². The van der Waals surface area contributed by atoms with Gasteiger partial charge in [-0.2, -0.15) is 0 Å². The molecule has 1 aromatic rings. The zero-order valence-electron chi connectivity index (χ0n) is 9.89. The number of hydrogen-bond acceptors (Lipinski definition) is 1. The Balaban J connectivity index is 2.80. The molecule has 0 aromatic heterocycles. The second-order valence-corrected chi connectivity index (χ2v) is 3.94. The van der Waals surface area contributed by atoms with E-state index in [0.717, 1.165) is 12.1 Å². The van der Waals surface area contributed by atoms with Crippen molar-refractivity contribution in [3.05, 3.63) is 35.4 Å². The Hall–Kier alpha value is -0.960. The van der Waals surface area contributed by atoms with Crippen molar-refractivity contribution in [2.24, 2.45) is 0 Å². The maximum atomic E-state index is 13.6. The third-order valence-corrected chi connectivity index (χ3v) is 2.49. The van der Waals surface area contributed by atoms with E-state index < -0.39 is 5.92 Å². The van der Waals surface area contributed by atoms with Crippen molar-refractivity contribution in [2.75, 3.05) is 6.54 Å². The summed E-state index contributed by atoms with van der Waals surface area (Å²) in [6.07, 6.45) is 0.405. The fourth-order valence-corrected chi connectivity index (χ4v) is 1.64. The molecule has 0 bridgehead atoms. The Morgan fingerprint density at radius 2 is 2.00 bits per heavy atom. The molecular formula is C13H19F2N. The lowest BCUT2D eigenvalue weighted by molar-refractivity contribution is -0.0141. The first-order valence-electron chi connectivity index (χ1n) is 5.78. The molecule has 0 unspecified atom stereocenters. The van der Waals surface area contributed by atoms with Gasteiger partial charge in [0.05, 0.1) is 0 Å². The lowest BCUT2D eigenvalue weighted by atomic mass is 10.0. The molecule has 3 heteroatoms. The average molecular weight is 227 g/mol. The molecule has 1 aromatic carbocycles. The molecule has 1 nitrogen and oxygen atoms in total. The van der Waals surface area contributed by atoms with E-state index in [1.165, 1.54) is 6.07 Å². The molecule has 0 saturated carbocycles. The van der Waals surface area contributed by atoms with Crippen LogP contribution in [0.2, 0.25) is 0 Å². The van der Waals surface area contributed by atoms with E-state index in [1.807, 2.05) is 13.0 Å². The van der Waals surface area contributed by atoms with Crippen LogP contribution in [-0.4, -0.2) is 6.54 Å². The number of halogens is 2. The molecule has 1 rings (SSSR count). The van der Waals surface area contributed by atoms with Crippen LogP contribution in [0.3, 0.4) is 0 Å². The summed E-state index contributed by atoms with van der Waals surface area (Å²) in [5, 5.41) is 3.13. The van der Waals surface area contributed by atoms with E-state index in [0.29, 0.717) is 13.0 Å². The van der Waals surface area contributed by atoms with Crippen LogP contribution in [0.4, 0.5) is 8.78 Å². The van der Waals surface area contributed by atoms with Gasteiger partial charge in [0.15, 0.2) is 0 Å². The Kier molecular flexibility index (Phi) is 4.87. The highest BCUT2D eigenvalue weighted by atomic mass is 19.3. The van der Waals surface area contributed by atoms with Crippen molar-refractivity contribution < 1.29 is 8.78 Å². The third kappa shape index (κ3) is 3.56. The van der Waals surface area contributed by atoms with Gasteiger partial charge >= 0.3 is 0 Å². The van der Waals surface area contributed by atoms with Crippen molar-refractivity contribution in [3.8, 4) is 0 Å². The smallest absolute Gasteiger partial charge is 0.273 e. The first-order chi connectivity index (χ1) is 7.60. The highest BCUT2D eigenvalue weighted by Crippen LogP contribution is 2.32. The lowest BCUT2D eigenvalue weighted by Gasteiger charge is -2.16. The fraction of sp³-hybridized carbons (Fsp3) is 0.538. The summed E-state index contributed by atoms with van der Waals surface area (Å²) in [7, 11) is 0. The minimum atomic E-state index is -2.70. The van der Waals surface area contributed by atoms with Crippen LogP contribution in [0.25, 0.3) is 0 Å². The first kappa shape index (κ1) is 13.1. The molecule has 0 heterocycles. The van der Waals surface area contributed by atoms with Crippen molar-refractivity contribution in [2.45, 2.75) is 39.2 Å². The van der Waals surface area contributed by atoms with E-state index in [4.69, 9.17) is 0 Å². The van der Waals surface area contributed by atoms with Gasteiger partial charge in [-0.3, -0.25) is 0 Å². The predicted molar refractivity (Wildman–Crippen MR) is 62.6 cm³/mol. The normalized spacial score (nSPS) is 11.8. The molecule has 16 heavy (non-hydrogen) atoms. The van der Waals surface area contributed by atoms with Gasteiger partial charge in [0.25, 0.3) is 5.92 Å². The summed E-state index contributed by atoms with van der Waals surface area (Å²) < 4.78 is 27.3. The summed E-state index contributed by atoms with van der Waals surface area (Å²) in [6.45, 7) is 5.26. The molecule has 90 valence electrons. The largest absolute Gasteiger partial charge is 0.313 e. The Bertz CT molecular complexity index is 323. The first-order valence-corrected chi connectivity index (χ1v) is 5.78. The van der Waals surface area contributed by atoms with Gasteiger partial charge in [-0.05, 0) is 18.2 Å². The molecule has 0 radical (unpaired) electrons. The van der Waals surface area contributed by atoms with Gasteiger partial charge in [-0.1, -0.05) is 38.5 Å². The second-order valence-electron chi connectivity index (χ2n) is 3.94. The topological polar surface area (TPSA) is 12.0 Å². The molecule has 0 amide bonds. The van der Waals surface area contributed by atoms with Crippen molar-refractivity contribution in [3.63, 3.8) is 0 Å². The summed E-state index contributed by atoms with van der Waals surface area (Å²) in [5.41, 5.74) is 1.04. The lowest BCUT2D eigenvalue weighted by Crippen LogP contribution is -2.15. The number of nitrogens with one attached hydrogen (secondary N) is 1. The highest BCUT2D eigenvalue weighted by Gasteiger charge is 2.29. The van der Waals surface area contributed by atoms with Crippen LogP contribution in [0.5, 0.6) is 0 Å². The Labute approximate surface area is 95.9 Å². The average Bonchev–Trinajstić information content (AvgIpc) is 2.27. The number of rotatable bonds is 6. The van der Waals surface area contributed by atoms with Gasteiger partial charge < -0.3 is 5.32 Å². The van der Waals surface area contributed by atoms with E-state index in [-0.39, 0.29) is 12.0 Å². The second kappa shape index (κ2) is 5.94. The zero-order chi connectivity index (χ0) is 12.0. The molecular weight excluding hydrogens is 208 g/mol. The van der Waals surface area contributed by atoms with Gasteiger partial charge in [0.2, 0.25) is 0 Å². The number of benzene rings is 1. The number of hydrogen-bond donors (Lipinski definition) is 1. The van der Waals surface area contributed by atoms with Crippen LogP contribution in [-0.2, 0) is 12.5 Å². The molecule has 0 spiro atoms. The van der Waals surface area contributed by atoms with Crippen LogP contribution >= 0.6 is 0 Å².